The molecule has 2 aliphatic rings. The number of rotatable bonds is 2. The molecule has 2 atom stereocenters. The molecule has 15 heavy (non-hydrogen) atoms. The summed E-state index contributed by atoms with van der Waals surface area (Å²) in [4.78, 5) is 11.0. The number of hydrogen-bond donors (Lipinski definition) is 1. The lowest BCUT2D eigenvalue weighted by Gasteiger charge is -2.09. The maximum Gasteiger partial charge on any atom is 0.356 e. The van der Waals surface area contributed by atoms with Crippen LogP contribution in [-0.4, -0.2) is 20.9 Å². The first-order valence-corrected chi connectivity index (χ1v) is 5.44. The number of carbonyl (C=O) groups is 1. The summed E-state index contributed by atoms with van der Waals surface area (Å²) in [5.74, 6) is 0.427. The number of nitrogens with zero attached hydrogens (tertiary/aromatic N) is 2. The van der Waals surface area contributed by atoms with Gasteiger partial charge in [-0.1, -0.05) is 0 Å². The van der Waals surface area contributed by atoms with Crippen molar-refractivity contribution < 1.29 is 9.90 Å². The zero-order valence-corrected chi connectivity index (χ0v) is 8.90. The third kappa shape index (κ3) is 1.07. The number of carboxylic acid groups (broad SMARTS) is 1. The Balaban J connectivity index is 2.17. The van der Waals surface area contributed by atoms with Crippen LogP contribution >= 0.6 is 0 Å². The van der Waals surface area contributed by atoms with Crippen molar-refractivity contribution in [2.75, 3.05) is 0 Å². The van der Waals surface area contributed by atoms with E-state index in [0.29, 0.717) is 11.8 Å². The van der Waals surface area contributed by atoms with Crippen LogP contribution in [0.4, 0.5) is 0 Å². The third-order valence-electron chi connectivity index (χ3n) is 3.48. The Kier molecular flexibility index (Phi) is 1.56. The minimum Gasteiger partial charge on any atom is -0.476 e. The summed E-state index contributed by atoms with van der Waals surface area (Å²) in [6, 6.07) is 0.256. The van der Waals surface area contributed by atoms with E-state index in [4.69, 9.17) is 5.11 Å². The molecule has 0 bridgehead atoms. The Morgan fingerprint density at radius 3 is 2.93 bits per heavy atom. The highest BCUT2D eigenvalue weighted by Gasteiger charge is 2.50. The molecule has 0 saturated heterocycles. The lowest BCUT2D eigenvalue weighted by molar-refractivity contribution is 0.0688. The van der Waals surface area contributed by atoms with E-state index in [0.717, 1.165) is 12.0 Å². The van der Waals surface area contributed by atoms with E-state index < -0.39 is 5.97 Å². The van der Waals surface area contributed by atoms with Crippen LogP contribution in [-0.2, 0) is 6.42 Å². The molecule has 80 valence electrons. The molecule has 1 fully saturated rings. The Morgan fingerprint density at radius 2 is 2.33 bits per heavy atom. The predicted octanol–water partition coefficient (Wildman–Crippen LogP) is 1.82. The summed E-state index contributed by atoms with van der Waals surface area (Å²) in [7, 11) is 0. The first-order chi connectivity index (χ1) is 7.09. The van der Waals surface area contributed by atoms with Gasteiger partial charge in [0.25, 0.3) is 0 Å². The third-order valence-corrected chi connectivity index (χ3v) is 3.48. The number of hydrogen-bond acceptors (Lipinski definition) is 2. The van der Waals surface area contributed by atoms with Gasteiger partial charge < -0.3 is 5.11 Å². The first-order valence-electron chi connectivity index (χ1n) is 5.44. The highest BCUT2D eigenvalue weighted by molar-refractivity contribution is 5.88. The Hall–Kier alpha value is -1.32. The molecule has 4 nitrogen and oxygen atoms in total. The minimum atomic E-state index is -0.882. The molecule has 0 radical (unpaired) electrons. The van der Waals surface area contributed by atoms with Crippen LogP contribution < -0.4 is 0 Å². The fourth-order valence-electron chi connectivity index (χ4n) is 2.71. The van der Waals surface area contributed by atoms with Crippen molar-refractivity contribution >= 4 is 5.97 Å². The largest absolute Gasteiger partial charge is 0.476 e. The molecule has 4 heteroatoms. The molecule has 0 aromatic carbocycles. The van der Waals surface area contributed by atoms with Gasteiger partial charge in [0.2, 0.25) is 0 Å². The van der Waals surface area contributed by atoms with Crippen LogP contribution in [0.3, 0.4) is 0 Å². The van der Waals surface area contributed by atoms with Crippen molar-refractivity contribution in [3.63, 3.8) is 0 Å². The Morgan fingerprint density at radius 1 is 1.60 bits per heavy atom. The molecule has 0 unspecified atom stereocenters. The van der Waals surface area contributed by atoms with Crippen LogP contribution in [0, 0.1) is 5.92 Å². The Bertz CT molecular complexity index is 448. The number of carboxylic acids is 1. The van der Waals surface area contributed by atoms with E-state index >= 15 is 0 Å². The molecule has 0 amide bonds. The summed E-state index contributed by atoms with van der Waals surface area (Å²) in [5, 5.41) is 13.3. The van der Waals surface area contributed by atoms with Gasteiger partial charge in [-0.3, -0.25) is 4.68 Å². The second-order valence-electron chi connectivity index (χ2n) is 4.86. The van der Waals surface area contributed by atoms with Crippen molar-refractivity contribution in [3.8, 4) is 0 Å². The summed E-state index contributed by atoms with van der Waals surface area (Å²) < 4.78 is 1.91. The summed E-state index contributed by atoms with van der Waals surface area (Å²) >= 11 is 0. The van der Waals surface area contributed by atoms with E-state index in [1.165, 1.54) is 12.1 Å². The van der Waals surface area contributed by atoms with Crippen molar-refractivity contribution in [2.45, 2.75) is 38.6 Å². The van der Waals surface area contributed by atoms with E-state index in [2.05, 4.69) is 18.9 Å². The number of aromatic carboxylic acids is 1. The van der Waals surface area contributed by atoms with Gasteiger partial charge in [-0.25, -0.2) is 4.79 Å². The molecule has 1 aromatic rings. The van der Waals surface area contributed by atoms with E-state index in [-0.39, 0.29) is 11.7 Å². The van der Waals surface area contributed by atoms with Crippen LogP contribution in [0.2, 0.25) is 0 Å². The minimum absolute atomic E-state index is 0.256. The molecule has 1 aromatic heterocycles. The van der Waals surface area contributed by atoms with E-state index in [1.54, 1.807) is 0 Å². The highest BCUT2D eigenvalue weighted by atomic mass is 16.4. The van der Waals surface area contributed by atoms with Gasteiger partial charge in [0.1, 0.15) is 0 Å². The fourth-order valence-corrected chi connectivity index (χ4v) is 2.71. The Labute approximate surface area is 87.9 Å². The smallest absolute Gasteiger partial charge is 0.356 e. The molecule has 3 rings (SSSR count). The lowest BCUT2D eigenvalue weighted by Crippen LogP contribution is -2.08. The topological polar surface area (TPSA) is 55.1 Å². The van der Waals surface area contributed by atoms with E-state index in [1.807, 2.05) is 4.68 Å². The molecule has 1 saturated carbocycles. The second-order valence-corrected chi connectivity index (χ2v) is 4.86. The fraction of sp³-hybridized carbons (Fsp3) is 0.636. The average molecular weight is 206 g/mol. The maximum atomic E-state index is 11.0. The van der Waals surface area contributed by atoms with Crippen LogP contribution in [0.15, 0.2) is 0 Å². The van der Waals surface area contributed by atoms with Gasteiger partial charge in [0, 0.05) is 23.2 Å². The summed E-state index contributed by atoms with van der Waals surface area (Å²) in [6.45, 7) is 4.10. The van der Waals surface area contributed by atoms with Gasteiger partial charge in [-0.15, -0.1) is 0 Å². The molecule has 1 heterocycles. The molecule has 0 aliphatic heterocycles. The zero-order chi connectivity index (χ0) is 10.7. The van der Waals surface area contributed by atoms with Crippen LogP contribution in [0.1, 0.15) is 54.0 Å². The summed E-state index contributed by atoms with van der Waals surface area (Å²) in [6.07, 6.45) is 2.15. The SMILES string of the molecule is CC(C)n1nc(C(=O)O)c2c1[C@@H]1C[C@@H]1C2. The molecule has 1 N–H and O–H groups in total. The highest BCUT2D eigenvalue weighted by Crippen LogP contribution is 2.57. The standard InChI is InChI=1S/C11H14N2O2/c1-5(2)13-10-7-3-6(7)4-8(10)9(12-13)11(14)15/h5-7H,3-4H2,1-2H3,(H,14,15)/t6-,7-/m1/s1. The maximum absolute atomic E-state index is 11.0. The molecular weight excluding hydrogens is 192 g/mol. The van der Waals surface area contributed by atoms with Gasteiger partial charge in [0.05, 0.1) is 0 Å². The van der Waals surface area contributed by atoms with Gasteiger partial charge >= 0.3 is 5.97 Å². The monoisotopic (exact) mass is 206 g/mol. The molecule has 0 spiro atoms. The summed E-state index contributed by atoms with van der Waals surface area (Å²) in [5.41, 5.74) is 2.48. The van der Waals surface area contributed by atoms with Crippen molar-refractivity contribution in [2.24, 2.45) is 5.92 Å². The average Bonchev–Trinajstić information content (AvgIpc) is 2.67. The lowest BCUT2D eigenvalue weighted by atomic mass is 10.1. The number of fused-ring (bicyclic) bond motifs is 3. The predicted molar refractivity (Wildman–Crippen MR) is 54.1 cm³/mol. The quantitative estimate of drug-likeness (QED) is 0.803. The van der Waals surface area contributed by atoms with Crippen LogP contribution in [0.25, 0.3) is 0 Å². The number of aromatic nitrogens is 2. The van der Waals surface area contributed by atoms with Crippen LogP contribution in [0.5, 0.6) is 0 Å². The van der Waals surface area contributed by atoms with Crippen molar-refractivity contribution in [1.29, 1.82) is 0 Å². The molecule has 2 aliphatic carbocycles. The second kappa shape index (κ2) is 2.62. The first kappa shape index (κ1) is 8.95. The van der Waals surface area contributed by atoms with Gasteiger partial charge in [-0.2, -0.15) is 5.10 Å². The normalized spacial score (nSPS) is 26.6. The zero-order valence-electron chi connectivity index (χ0n) is 8.90. The van der Waals surface area contributed by atoms with E-state index in [9.17, 15) is 4.79 Å². The van der Waals surface area contributed by atoms with Crippen molar-refractivity contribution in [3.05, 3.63) is 17.0 Å². The molecular formula is C11H14N2O2. The van der Waals surface area contributed by atoms with Gasteiger partial charge in [0.15, 0.2) is 5.69 Å². The van der Waals surface area contributed by atoms with Gasteiger partial charge in [-0.05, 0) is 32.6 Å². The van der Waals surface area contributed by atoms with Crippen molar-refractivity contribution in [1.82, 2.24) is 9.78 Å².